The maximum atomic E-state index is 3.97. The Bertz CT molecular complexity index is 3270. The van der Waals surface area contributed by atoms with Crippen molar-refractivity contribution in [3.8, 4) is 22.3 Å². The van der Waals surface area contributed by atoms with Crippen LogP contribution in [-0.2, 0) is 5.41 Å². The number of rotatable bonds is 2. The second-order valence-electron chi connectivity index (χ2n) is 15.0. The summed E-state index contributed by atoms with van der Waals surface area (Å²) < 4.78 is 1.09. The van der Waals surface area contributed by atoms with Gasteiger partial charge in [-0.2, -0.15) is 0 Å². The summed E-state index contributed by atoms with van der Waals surface area (Å²) in [5.41, 5.74) is 10.3. The van der Waals surface area contributed by atoms with Gasteiger partial charge in [0.1, 0.15) is 0 Å². The van der Waals surface area contributed by atoms with E-state index in [0.29, 0.717) is 0 Å². The summed E-state index contributed by atoms with van der Waals surface area (Å²) in [6.07, 6.45) is 4.92. The van der Waals surface area contributed by atoms with Crippen LogP contribution in [0.5, 0.6) is 0 Å². The Morgan fingerprint density at radius 2 is 1.02 bits per heavy atom. The molecule has 0 radical (unpaired) electrons. The highest BCUT2D eigenvalue weighted by Gasteiger charge is 2.32. The molecule has 9 aromatic rings. The minimum atomic E-state index is -0.203. The van der Waals surface area contributed by atoms with Crippen molar-refractivity contribution in [1.29, 1.82) is 0 Å². The van der Waals surface area contributed by atoms with Gasteiger partial charge < -0.3 is 0 Å². The predicted octanol–water partition coefficient (Wildman–Crippen LogP) is 12.3. The van der Waals surface area contributed by atoms with E-state index in [1.807, 2.05) is 0 Å². The molecule has 0 aromatic heterocycles. The molecule has 0 bridgehead atoms. The molecule has 2 aliphatic carbocycles. The van der Waals surface area contributed by atoms with E-state index < -0.39 is 0 Å². The maximum absolute atomic E-state index is 3.97. The molecule has 0 heterocycles. The Hall–Kier alpha value is -5.76. The lowest BCUT2D eigenvalue weighted by Gasteiger charge is -2.33. The first-order valence-corrected chi connectivity index (χ1v) is 18.9. The molecule has 0 aliphatic heterocycles. The van der Waals surface area contributed by atoms with Gasteiger partial charge in [0.15, 0.2) is 0 Å². The van der Waals surface area contributed by atoms with Gasteiger partial charge in [0.2, 0.25) is 0 Å². The van der Waals surface area contributed by atoms with Gasteiger partial charge >= 0.3 is 0 Å². The third kappa shape index (κ3) is 4.15. The summed E-state index contributed by atoms with van der Waals surface area (Å²) in [6, 6.07) is 56.5. The van der Waals surface area contributed by atoms with Crippen LogP contribution in [0.25, 0.3) is 77.5 Å². The summed E-state index contributed by atoms with van der Waals surface area (Å²) in [5.74, 6) is 0. The van der Waals surface area contributed by atoms with E-state index in [9.17, 15) is 0 Å². The van der Waals surface area contributed by atoms with Crippen LogP contribution in [0.2, 0.25) is 0 Å². The van der Waals surface area contributed by atoms with Gasteiger partial charge in [0, 0.05) is 9.89 Å². The number of halogens is 1. The van der Waals surface area contributed by atoms with Crippen molar-refractivity contribution >= 4 is 71.2 Å². The fraction of sp³-hybridized carbons (Fsp3) is 0.0588. The topological polar surface area (TPSA) is 0 Å². The molecule has 9 aromatic carbocycles. The van der Waals surface area contributed by atoms with Gasteiger partial charge in [-0.3, -0.25) is 0 Å². The van der Waals surface area contributed by atoms with E-state index in [-0.39, 0.29) is 5.41 Å². The molecule has 2 aliphatic rings. The first kappa shape index (κ1) is 29.9. The molecule has 0 atom stereocenters. The number of benzene rings is 9. The zero-order valence-electron chi connectivity index (χ0n) is 29.0. The predicted molar refractivity (Wildman–Crippen MR) is 224 cm³/mol. The normalized spacial score (nSPS) is 13.8. The van der Waals surface area contributed by atoms with Crippen molar-refractivity contribution in [1.82, 2.24) is 0 Å². The SMILES string of the molecule is CC1(C)c2ccccc2C=c2c1cc1c(c2-c2cc3ccccc3c3ccccc23)C=c2cc(Br)cc(-c3cc4ccccc4c4ccccc34)c2=1. The van der Waals surface area contributed by atoms with Gasteiger partial charge in [0.25, 0.3) is 0 Å². The summed E-state index contributed by atoms with van der Waals surface area (Å²) in [4.78, 5) is 0. The van der Waals surface area contributed by atoms with Gasteiger partial charge in [-0.25, -0.2) is 0 Å². The van der Waals surface area contributed by atoms with E-state index in [0.717, 1.165) is 4.47 Å². The van der Waals surface area contributed by atoms with Crippen LogP contribution in [0.1, 0.15) is 36.1 Å². The molecule has 0 saturated carbocycles. The van der Waals surface area contributed by atoms with Crippen LogP contribution in [0.15, 0.2) is 156 Å². The van der Waals surface area contributed by atoms with Crippen molar-refractivity contribution in [3.05, 3.63) is 199 Å². The molecular formula is C51H33Br. The Balaban J connectivity index is 1.37. The quantitative estimate of drug-likeness (QED) is 0.156. The average molecular weight is 726 g/mol. The molecule has 1 heteroatoms. The maximum Gasteiger partial charge on any atom is 0.0187 e. The van der Waals surface area contributed by atoms with Crippen molar-refractivity contribution in [2.24, 2.45) is 0 Å². The highest BCUT2D eigenvalue weighted by atomic mass is 79.9. The van der Waals surface area contributed by atoms with Crippen molar-refractivity contribution < 1.29 is 0 Å². The smallest absolute Gasteiger partial charge is 0.0187 e. The van der Waals surface area contributed by atoms with Crippen LogP contribution in [0.3, 0.4) is 0 Å². The van der Waals surface area contributed by atoms with Crippen LogP contribution < -0.4 is 10.4 Å². The molecule has 52 heavy (non-hydrogen) atoms. The van der Waals surface area contributed by atoms with Crippen LogP contribution >= 0.6 is 15.9 Å². The molecule has 11 rings (SSSR count). The van der Waals surface area contributed by atoms with Crippen LogP contribution in [0, 0.1) is 10.4 Å². The van der Waals surface area contributed by atoms with Crippen molar-refractivity contribution in [3.63, 3.8) is 0 Å². The average Bonchev–Trinajstić information content (AvgIpc) is 3.54. The standard InChI is InChI=1S/C51H33Br/c1-51(2)47-22-12-5-15-32(47)26-46-48(51)29-45-43(50(46)42-25-31-14-4-7-17-36(31)38-19-9-11-21-40(38)42)27-33-23-34(52)28-44(49(33)45)41-24-30-13-3-6-16-35(30)37-18-8-10-20-39(37)41/h3-29H,1-2H3. The van der Waals surface area contributed by atoms with Crippen LogP contribution in [-0.4, -0.2) is 0 Å². The van der Waals surface area contributed by atoms with Gasteiger partial charge in [-0.1, -0.05) is 151 Å². The molecule has 0 N–H and O–H groups in total. The van der Waals surface area contributed by atoms with E-state index in [4.69, 9.17) is 0 Å². The third-order valence-corrected chi connectivity index (χ3v) is 12.3. The number of hydrogen-bond acceptors (Lipinski definition) is 0. The fourth-order valence-electron chi connectivity index (χ4n) is 9.47. The van der Waals surface area contributed by atoms with Crippen molar-refractivity contribution in [2.75, 3.05) is 0 Å². The molecule has 0 spiro atoms. The Labute approximate surface area is 310 Å². The first-order valence-electron chi connectivity index (χ1n) is 18.1. The highest BCUT2D eigenvalue weighted by molar-refractivity contribution is 9.10. The Morgan fingerprint density at radius 3 is 1.71 bits per heavy atom. The molecule has 0 unspecified atom stereocenters. The summed E-state index contributed by atoms with van der Waals surface area (Å²) >= 11 is 3.97. The zero-order chi connectivity index (χ0) is 34.7. The molecule has 0 saturated heterocycles. The van der Waals surface area contributed by atoms with Crippen LogP contribution in [0.4, 0.5) is 0 Å². The lowest BCUT2D eigenvalue weighted by atomic mass is 9.70. The Kier molecular flexibility index (Phi) is 6.26. The minimum Gasteiger partial charge on any atom is -0.0619 e. The lowest BCUT2D eigenvalue weighted by molar-refractivity contribution is 0.629. The molecule has 244 valence electrons. The lowest BCUT2D eigenvalue weighted by Crippen LogP contribution is -2.33. The summed E-state index contributed by atoms with van der Waals surface area (Å²) in [6.45, 7) is 4.82. The third-order valence-electron chi connectivity index (χ3n) is 11.8. The molecular weight excluding hydrogens is 692 g/mol. The van der Waals surface area contributed by atoms with E-state index in [1.54, 1.807) is 0 Å². The monoisotopic (exact) mass is 724 g/mol. The number of hydrogen-bond donors (Lipinski definition) is 0. The molecule has 0 fully saturated rings. The largest absolute Gasteiger partial charge is 0.0619 e. The second-order valence-corrected chi connectivity index (χ2v) is 15.9. The van der Waals surface area contributed by atoms with Crippen molar-refractivity contribution in [2.45, 2.75) is 19.3 Å². The van der Waals surface area contributed by atoms with E-state index in [2.05, 4.69) is 194 Å². The first-order chi connectivity index (χ1) is 25.5. The van der Waals surface area contributed by atoms with Gasteiger partial charge in [0.05, 0.1) is 0 Å². The molecule has 0 nitrogen and oxygen atoms in total. The minimum absolute atomic E-state index is 0.203. The molecule has 0 amide bonds. The second kappa shape index (κ2) is 10.9. The van der Waals surface area contributed by atoms with Gasteiger partial charge in [-0.05, 0) is 151 Å². The number of fused-ring (bicyclic) bond motifs is 10. The fourth-order valence-corrected chi connectivity index (χ4v) is 9.94. The van der Waals surface area contributed by atoms with Gasteiger partial charge in [-0.15, -0.1) is 0 Å². The summed E-state index contributed by atoms with van der Waals surface area (Å²) in [7, 11) is 0. The Morgan fingerprint density at radius 1 is 0.462 bits per heavy atom. The highest BCUT2D eigenvalue weighted by Crippen LogP contribution is 2.43. The van der Waals surface area contributed by atoms with E-state index in [1.165, 1.54) is 108 Å². The summed E-state index contributed by atoms with van der Waals surface area (Å²) in [5, 5.41) is 15.4. The van der Waals surface area contributed by atoms with E-state index >= 15 is 0 Å². The zero-order valence-corrected chi connectivity index (χ0v) is 30.6.